The van der Waals surface area contributed by atoms with Gasteiger partial charge in [-0.3, -0.25) is 9.00 Å². The molecule has 0 saturated carbocycles. The monoisotopic (exact) mass is 392 g/mol. The largest absolute Gasteiger partial charge is 0.337 e. The minimum Gasteiger partial charge on any atom is -0.337 e. The highest BCUT2D eigenvalue weighted by Crippen LogP contribution is 2.34. The number of likely N-dealkylation sites (N-methyl/N-ethyl adjacent to an activating group) is 1. The quantitative estimate of drug-likeness (QED) is 0.849. The van der Waals surface area contributed by atoms with E-state index in [2.05, 4.69) is 5.32 Å². The van der Waals surface area contributed by atoms with Crippen LogP contribution in [0, 0.1) is 11.6 Å². The highest BCUT2D eigenvalue weighted by molar-refractivity contribution is 7.84. The number of nitrogens with zero attached hydrogens (tertiary/aromatic N) is 1. The average Bonchev–Trinajstić information content (AvgIpc) is 2.91. The molecule has 0 unspecified atom stereocenters. The molecule has 1 amide bonds. The molecule has 0 bridgehead atoms. The first-order valence-corrected chi connectivity index (χ1v) is 10.2. The van der Waals surface area contributed by atoms with Gasteiger partial charge in [-0.05, 0) is 42.3 Å². The normalized spacial score (nSPS) is 22.1. The summed E-state index contributed by atoms with van der Waals surface area (Å²) in [6.45, 7) is 1.98. The second-order valence-electron chi connectivity index (χ2n) is 6.85. The highest BCUT2D eigenvalue weighted by Gasteiger charge is 2.39. The summed E-state index contributed by atoms with van der Waals surface area (Å²) < 4.78 is 38.5. The average molecular weight is 392 g/mol. The Bertz CT molecular complexity index is 873. The lowest BCUT2D eigenvalue weighted by Crippen LogP contribution is -2.36. The maximum atomic E-state index is 13.7. The van der Waals surface area contributed by atoms with Crippen LogP contribution in [-0.2, 0) is 15.6 Å². The molecule has 1 aliphatic heterocycles. The van der Waals surface area contributed by atoms with Crippen LogP contribution >= 0.6 is 0 Å². The van der Waals surface area contributed by atoms with Crippen molar-refractivity contribution in [3.63, 3.8) is 0 Å². The zero-order chi connectivity index (χ0) is 19.7. The zero-order valence-corrected chi connectivity index (χ0v) is 16.2. The molecule has 1 fully saturated rings. The second-order valence-corrected chi connectivity index (χ2v) is 8.22. The van der Waals surface area contributed by atoms with Crippen molar-refractivity contribution in [1.82, 2.24) is 10.2 Å². The van der Waals surface area contributed by atoms with Gasteiger partial charge in [-0.25, -0.2) is 8.78 Å². The fraction of sp³-hybridized carbons (Fsp3) is 0.350. The SMILES string of the molecule is C[C@H](N[C@@H]1CC(=O)N(C)[C@H]1c1ccc(F)c(F)c1)c1ccc([S@@](C)=O)cc1. The molecule has 0 aliphatic carbocycles. The van der Waals surface area contributed by atoms with Crippen LogP contribution in [0.15, 0.2) is 47.4 Å². The summed E-state index contributed by atoms with van der Waals surface area (Å²) in [7, 11) is 0.636. The Morgan fingerprint density at radius 3 is 2.41 bits per heavy atom. The van der Waals surface area contributed by atoms with Crippen LogP contribution in [-0.4, -0.2) is 34.4 Å². The third-order valence-electron chi connectivity index (χ3n) is 5.05. The van der Waals surface area contributed by atoms with Gasteiger partial charge in [0.1, 0.15) is 0 Å². The maximum absolute atomic E-state index is 13.7. The van der Waals surface area contributed by atoms with Gasteiger partial charge in [-0.1, -0.05) is 18.2 Å². The van der Waals surface area contributed by atoms with Crippen molar-refractivity contribution < 1.29 is 17.8 Å². The smallest absolute Gasteiger partial charge is 0.224 e. The van der Waals surface area contributed by atoms with Gasteiger partial charge in [0.15, 0.2) is 11.6 Å². The molecule has 2 aromatic carbocycles. The summed E-state index contributed by atoms with van der Waals surface area (Å²) >= 11 is 0. The molecule has 1 saturated heterocycles. The maximum Gasteiger partial charge on any atom is 0.224 e. The molecule has 0 spiro atoms. The van der Waals surface area contributed by atoms with E-state index >= 15 is 0 Å². The number of benzene rings is 2. The van der Waals surface area contributed by atoms with Gasteiger partial charge in [-0.2, -0.15) is 0 Å². The number of amides is 1. The number of likely N-dealkylation sites (tertiary alicyclic amines) is 1. The molecule has 4 nitrogen and oxygen atoms in total. The highest BCUT2D eigenvalue weighted by atomic mass is 32.2. The van der Waals surface area contributed by atoms with Crippen molar-refractivity contribution in [2.45, 2.75) is 36.4 Å². The predicted octanol–water partition coefficient (Wildman–Crippen LogP) is 3.32. The van der Waals surface area contributed by atoms with Crippen LogP contribution in [0.25, 0.3) is 0 Å². The number of carbonyl (C=O) groups is 1. The van der Waals surface area contributed by atoms with E-state index in [1.165, 1.54) is 6.07 Å². The van der Waals surface area contributed by atoms with Crippen LogP contribution in [0.4, 0.5) is 8.78 Å². The Kier molecular flexibility index (Phi) is 5.72. The van der Waals surface area contributed by atoms with Gasteiger partial charge in [0.2, 0.25) is 5.91 Å². The Labute approximate surface area is 160 Å². The van der Waals surface area contributed by atoms with Crippen molar-refractivity contribution in [1.29, 1.82) is 0 Å². The Morgan fingerprint density at radius 2 is 1.81 bits per heavy atom. The summed E-state index contributed by atoms with van der Waals surface area (Å²) in [6.07, 6.45) is 1.91. The first kappa shape index (κ1) is 19.6. The second kappa shape index (κ2) is 7.86. The van der Waals surface area contributed by atoms with Crippen LogP contribution in [0.2, 0.25) is 0 Å². The lowest BCUT2D eigenvalue weighted by atomic mass is 9.98. The summed E-state index contributed by atoms with van der Waals surface area (Å²) in [5.74, 6) is -1.88. The third kappa shape index (κ3) is 4.09. The van der Waals surface area contributed by atoms with Crippen molar-refractivity contribution in [2.75, 3.05) is 13.3 Å². The lowest BCUT2D eigenvalue weighted by Gasteiger charge is -2.28. The number of nitrogens with one attached hydrogen (secondary N) is 1. The molecular formula is C20H22F2N2O2S. The van der Waals surface area contributed by atoms with E-state index in [0.717, 1.165) is 22.6 Å². The number of hydrogen-bond donors (Lipinski definition) is 1. The minimum absolute atomic E-state index is 0.0499. The molecule has 1 aliphatic rings. The minimum atomic E-state index is -1.04. The van der Waals surface area contributed by atoms with Gasteiger partial charge in [-0.15, -0.1) is 0 Å². The molecule has 3 rings (SSSR count). The molecule has 1 N–H and O–H groups in total. The fourth-order valence-corrected chi connectivity index (χ4v) is 4.06. The number of halogens is 2. The van der Waals surface area contributed by atoms with E-state index in [-0.39, 0.29) is 30.5 Å². The summed E-state index contributed by atoms with van der Waals surface area (Å²) in [6, 6.07) is 10.5. The third-order valence-corrected chi connectivity index (χ3v) is 5.98. The molecule has 0 radical (unpaired) electrons. The van der Waals surface area contributed by atoms with Gasteiger partial charge in [0.05, 0.1) is 6.04 Å². The molecule has 4 atom stereocenters. The number of hydrogen-bond acceptors (Lipinski definition) is 3. The molecule has 7 heteroatoms. The first-order chi connectivity index (χ1) is 12.8. The topological polar surface area (TPSA) is 49.4 Å². The predicted molar refractivity (Wildman–Crippen MR) is 101 cm³/mol. The molecule has 0 aromatic heterocycles. The molecule has 144 valence electrons. The van der Waals surface area contributed by atoms with Crippen LogP contribution in [0.5, 0.6) is 0 Å². The summed E-state index contributed by atoms with van der Waals surface area (Å²) in [5.41, 5.74) is 1.55. The van der Waals surface area contributed by atoms with Crippen LogP contribution < -0.4 is 5.32 Å². The Morgan fingerprint density at radius 1 is 1.15 bits per heavy atom. The van der Waals surface area contributed by atoms with E-state index in [4.69, 9.17) is 0 Å². The van der Waals surface area contributed by atoms with Gasteiger partial charge >= 0.3 is 0 Å². The summed E-state index contributed by atoms with van der Waals surface area (Å²) in [5, 5.41) is 3.43. The van der Waals surface area contributed by atoms with Gasteiger partial charge < -0.3 is 10.2 Å². The summed E-state index contributed by atoms with van der Waals surface area (Å²) in [4.78, 5) is 14.6. The van der Waals surface area contributed by atoms with E-state index in [1.54, 1.807) is 18.2 Å². The Balaban J connectivity index is 1.81. The van der Waals surface area contributed by atoms with Crippen molar-refractivity contribution in [3.05, 3.63) is 65.2 Å². The fourth-order valence-electron chi connectivity index (χ4n) is 3.54. The van der Waals surface area contributed by atoms with E-state index in [0.29, 0.717) is 5.56 Å². The van der Waals surface area contributed by atoms with Gasteiger partial charge in [0.25, 0.3) is 0 Å². The van der Waals surface area contributed by atoms with E-state index < -0.39 is 22.4 Å². The Hall–Kier alpha value is -2.12. The number of carbonyl (C=O) groups excluding carboxylic acids is 1. The molecular weight excluding hydrogens is 370 g/mol. The zero-order valence-electron chi connectivity index (χ0n) is 15.4. The van der Waals surface area contributed by atoms with Crippen LogP contribution in [0.1, 0.15) is 36.6 Å². The van der Waals surface area contributed by atoms with Crippen molar-refractivity contribution in [2.24, 2.45) is 0 Å². The van der Waals surface area contributed by atoms with Crippen molar-refractivity contribution >= 4 is 16.7 Å². The standard InChI is InChI=1S/C20H22F2N2O2S/c1-12(13-4-7-15(8-5-13)27(3)26)23-18-11-19(25)24(2)20(18)14-6-9-16(21)17(22)10-14/h4-10,12,18,20,23H,11H2,1-3H3/t12-,18+,20-,27+/m0/s1. The molecule has 2 aromatic rings. The van der Waals surface area contributed by atoms with E-state index in [1.807, 2.05) is 31.2 Å². The molecule has 27 heavy (non-hydrogen) atoms. The van der Waals surface area contributed by atoms with E-state index in [9.17, 15) is 17.8 Å². The van der Waals surface area contributed by atoms with Crippen LogP contribution in [0.3, 0.4) is 0 Å². The van der Waals surface area contributed by atoms with Crippen molar-refractivity contribution in [3.8, 4) is 0 Å². The lowest BCUT2D eigenvalue weighted by molar-refractivity contribution is -0.127. The number of rotatable bonds is 5. The van der Waals surface area contributed by atoms with Gasteiger partial charge in [0, 0.05) is 47.5 Å². The first-order valence-electron chi connectivity index (χ1n) is 8.68. The molecule has 1 heterocycles.